The minimum Gasteiger partial charge on any atom is -0.383 e. The van der Waals surface area contributed by atoms with Crippen LogP contribution in [0.25, 0.3) is 0 Å². The second-order valence-corrected chi connectivity index (χ2v) is 4.82. The van der Waals surface area contributed by atoms with Crippen LogP contribution in [0.2, 0.25) is 0 Å². The number of hydrogen-bond acceptors (Lipinski definition) is 2. The lowest BCUT2D eigenvalue weighted by Crippen LogP contribution is -2.29. The molecule has 0 amide bonds. The van der Waals surface area contributed by atoms with E-state index in [0.29, 0.717) is 5.41 Å². The Balaban J connectivity index is 1.92. The van der Waals surface area contributed by atoms with Crippen LogP contribution in [0.15, 0.2) is 24.3 Å². The molecule has 1 aromatic carbocycles. The van der Waals surface area contributed by atoms with E-state index >= 15 is 0 Å². The van der Waals surface area contributed by atoms with E-state index in [9.17, 15) is 0 Å². The third-order valence-corrected chi connectivity index (χ3v) is 3.43. The number of aryl methyl sites for hydroxylation is 1. The largest absolute Gasteiger partial charge is 0.383 e. The van der Waals surface area contributed by atoms with Crippen molar-refractivity contribution in [3.05, 3.63) is 35.4 Å². The fourth-order valence-corrected chi connectivity index (χ4v) is 2.20. The summed E-state index contributed by atoms with van der Waals surface area (Å²) < 4.78 is 5.04. The summed E-state index contributed by atoms with van der Waals surface area (Å²) in [5.74, 6) is 0. The van der Waals surface area contributed by atoms with Gasteiger partial charge in [0.05, 0.1) is 6.61 Å². The van der Waals surface area contributed by atoms with Crippen molar-refractivity contribution in [2.45, 2.75) is 25.2 Å². The Labute approximate surface area is 98.0 Å². The summed E-state index contributed by atoms with van der Waals surface area (Å²) in [4.78, 5) is 0. The molecule has 0 aromatic heterocycles. The first-order valence-corrected chi connectivity index (χ1v) is 6.04. The van der Waals surface area contributed by atoms with Crippen LogP contribution in [-0.2, 0) is 10.2 Å². The van der Waals surface area contributed by atoms with Crippen molar-refractivity contribution in [1.29, 1.82) is 0 Å². The minimum atomic E-state index is 0.416. The monoisotopic (exact) mass is 219 g/mol. The molecule has 0 saturated heterocycles. The van der Waals surface area contributed by atoms with Crippen LogP contribution >= 0.6 is 0 Å². The molecular weight excluding hydrogens is 198 g/mol. The first-order valence-electron chi connectivity index (χ1n) is 6.04. The van der Waals surface area contributed by atoms with Gasteiger partial charge in [0.1, 0.15) is 0 Å². The number of ether oxygens (including phenoxy) is 1. The molecule has 1 fully saturated rings. The highest BCUT2D eigenvalue weighted by Crippen LogP contribution is 2.47. The summed E-state index contributed by atoms with van der Waals surface area (Å²) in [6, 6.07) is 8.92. The maximum absolute atomic E-state index is 5.04. The molecule has 88 valence electrons. The molecule has 2 heteroatoms. The van der Waals surface area contributed by atoms with Gasteiger partial charge in [0.2, 0.25) is 0 Å². The van der Waals surface area contributed by atoms with E-state index in [-0.39, 0.29) is 0 Å². The molecule has 1 aromatic rings. The van der Waals surface area contributed by atoms with E-state index < -0.39 is 0 Å². The number of rotatable bonds is 6. The van der Waals surface area contributed by atoms with Gasteiger partial charge in [0.25, 0.3) is 0 Å². The van der Waals surface area contributed by atoms with Gasteiger partial charge in [-0.05, 0) is 25.3 Å². The zero-order valence-electron chi connectivity index (χ0n) is 10.3. The molecule has 1 aliphatic carbocycles. The van der Waals surface area contributed by atoms with Gasteiger partial charge in [-0.1, -0.05) is 29.8 Å². The zero-order chi connectivity index (χ0) is 11.4. The molecule has 0 atom stereocenters. The summed E-state index contributed by atoms with van der Waals surface area (Å²) in [5.41, 5.74) is 3.28. The number of benzene rings is 1. The number of methoxy groups -OCH3 is 1. The smallest absolute Gasteiger partial charge is 0.0587 e. The highest BCUT2D eigenvalue weighted by molar-refractivity contribution is 5.34. The fourth-order valence-electron chi connectivity index (χ4n) is 2.20. The van der Waals surface area contributed by atoms with Crippen molar-refractivity contribution in [2.75, 3.05) is 26.8 Å². The summed E-state index contributed by atoms with van der Waals surface area (Å²) in [5, 5.41) is 3.48. The molecule has 16 heavy (non-hydrogen) atoms. The summed E-state index contributed by atoms with van der Waals surface area (Å²) >= 11 is 0. The highest BCUT2D eigenvalue weighted by Gasteiger charge is 2.43. The van der Waals surface area contributed by atoms with Crippen LogP contribution in [0.3, 0.4) is 0 Å². The van der Waals surface area contributed by atoms with Crippen molar-refractivity contribution >= 4 is 0 Å². The predicted octanol–water partition coefficient (Wildman–Crippen LogP) is 2.26. The summed E-state index contributed by atoms with van der Waals surface area (Å²) in [6.07, 6.45) is 2.63. The van der Waals surface area contributed by atoms with Crippen LogP contribution in [0.1, 0.15) is 24.0 Å². The van der Waals surface area contributed by atoms with Gasteiger partial charge in [0, 0.05) is 25.6 Å². The number of hydrogen-bond donors (Lipinski definition) is 1. The Bertz CT molecular complexity index is 344. The summed E-state index contributed by atoms with van der Waals surface area (Å²) in [7, 11) is 1.75. The van der Waals surface area contributed by atoms with E-state index in [2.05, 4.69) is 36.5 Å². The lowest BCUT2D eigenvalue weighted by Gasteiger charge is -2.17. The maximum atomic E-state index is 5.04. The standard InChI is InChI=1S/C14H21NO/c1-12-4-3-5-13(10-12)14(6-7-14)11-15-8-9-16-2/h3-5,10,15H,6-9,11H2,1-2H3. The van der Waals surface area contributed by atoms with E-state index in [1.54, 1.807) is 7.11 Å². The normalized spacial score (nSPS) is 17.4. The van der Waals surface area contributed by atoms with Gasteiger partial charge in [-0.25, -0.2) is 0 Å². The van der Waals surface area contributed by atoms with Gasteiger partial charge in [0.15, 0.2) is 0 Å². The SMILES string of the molecule is COCCNCC1(c2cccc(C)c2)CC1. The molecule has 2 nitrogen and oxygen atoms in total. The number of nitrogens with one attached hydrogen (secondary N) is 1. The Morgan fingerprint density at radius 3 is 2.81 bits per heavy atom. The van der Waals surface area contributed by atoms with Crippen LogP contribution < -0.4 is 5.32 Å². The Morgan fingerprint density at radius 1 is 1.38 bits per heavy atom. The van der Waals surface area contributed by atoms with Crippen molar-refractivity contribution in [3.8, 4) is 0 Å². The second kappa shape index (κ2) is 4.98. The predicted molar refractivity (Wildman–Crippen MR) is 66.8 cm³/mol. The van der Waals surface area contributed by atoms with Crippen LogP contribution in [0, 0.1) is 6.92 Å². The molecule has 0 spiro atoms. The third kappa shape index (κ3) is 2.63. The van der Waals surface area contributed by atoms with Crippen molar-refractivity contribution in [3.63, 3.8) is 0 Å². The second-order valence-electron chi connectivity index (χ2n) is 4.82. The Hall–Kier alpha value is -0.860. The van der Waals surface area contributed by atoms with Crippen molar-refractivity contribution in [2.24, 2.45) is 0 Å². The molecule has 1 saturated carbocycles. The van der Waals surface area contributed by atoms with Gasteiger partial charge in [-0.15, -0.1) is 0 Å². The zero-order valence-corrected chi connectivity index (χ0v) is 10.3. The molecule has 0 aliphatic heterocycles. The highest BCUT2D eigenvalue weighted by atomic mass is 16.5. The van der Waals surface area contributed by atoms with Gasteiger partial charge < -0.3 is 10.1 Å². The average Bonchev–Trinajstić information content (AvgIpc) is 3.06. The van der Waals surface area contributed by atoms with Crippen molar-refractivity contribution < 1.29 is 4.74 Å². The van der Waals surface area contributed by atoms with E-state index in [4.69, 9.17) is 4.74 Å². The van der Waals surface area contributed by atoms with Crippen LogP contribution in [0.4, 0.5) is 0 Å². The van der Waals surface area contributed by atoms with E-state index in [0.717, 1.165) is 19.7 Å². The first kappa shape index (κ1) is 11.6. The summed E-state index contributed by atoms with van der Waals surface area (Å²) in [6.45, 7) is 4.99. The molecule has 1 aliphatic rings. The molecule has 0 bridgehead atoms. The Kier molecular flexibility index (Phi) is 3.62. The van der Waals surface area contributed by atoms with Crippen molar-refractivity contribution in [1.82, 2.24) is 5.32 Å². The topological polar surface area (TPSA) is 21.3 Å². The van der Waals surface area contributed by atoms with Gasteiger partial charge >= 0.3 is 0 Å². The van der Waals surface area contributed by atoms with E-state index in [1.165, 1.54) is 24.0 Å². The maximum Gasteiger partial charge on any atom is 0.0587 e. The fraction of sp³-hybridized carbons (Fsp3) is 0.571. The third-order valence-electron chi connectivity index (χ3n) is 3.43. The van der Waals surface area contributed by atoms with Gasteiger partial charge in [-0.3, -0.25) is 0 Å². The average molecular weight is 219 g/mol. The first-order chi connectivity index (χ1) is 7.77. The van der Waals surface area contributed by atoms with Crippen LogP contribution in [-0.4, -0.2) is 26.8 Å². The molecule has 0 heterocycles. The molecular formula is C14H21NO. The molecule has 0 unspecified atom stereocenters. The van der Waals surface area contributed by atoms with E-state index in [1.807, 2.05) is 0 Å². The molecule has 0 radical (unpaired) electrons. The quantitative estimate of drug-likeness (QED) is 0.741. The lowest BCUT2D eigenvalue weighted by atomic mass is 9.94. The molecule has 1 N–H and O–H groups in total. The minimum absolute atomic E-state index is 0.416. The molecule has 2 rings (SSSR count). The van der Waals surface area contributed by atoms with Crippen LogP contribution in [0.5, 0.6) is 0 Å². The van der Waals surface area contributed by atoms with Gasteiger partial charge in [-0.2, -0.15) is 0 Å². The Morgan fingerprint density at radius 2 is 2.19 bits per heavy atom. The lowest BCUT2D eigenvalue weighted by molar-refractivity contribution is 0.198.